The molecule has 94 valence electrons. The largest absolute Gasteiger partial charge is 0.389 e. The Bertz CT molecular complexity index is 261. The predicted octanol–water partition coefficient (Wildman–Crippen LogP) is -0.337. The Hall–Kier alpha value is -1.30. The lowest BCUT2D eigenvalue weighted by atomic mass is 10.1. The highest BCUT2D eigenvalue weighted by molar-refractivity contribution is 5.86. The third-order valence-electron chi connectivity index (χ3n) is 2.00. The molecule has 16 heavy (non-hydrogen) atoms. The number of rotatable bonds is 5. The number of hydrogen-bond donors (Lipinski definition) is 3. The normalized spacial score (nSPS) is 13.1. The Kier molecular flexibility index (Phi) is 5.23. The van der Waals surface area contributed by atoms with E-state index < -0.39 is 17.7 Å². The molecule has 0 heterocycles. The zero-order chi connectivity index (χ0) is 12.9. The van der Waals surface area contributed by atoms with Crippen molar-refractivity contribution >= 4 is 11.9 Å². The minimum atomic E-state index is -0.960. The first-order valence-electron chi connectivity index (χ1n) is 5.24. The Morgan fingerprint density at radius 2 is 2.00 bits per heavy atom. The van der Waals surface area contributed by atoms with Gasteiger partial charge in [0.05, 0.1) is 5.60 Å². The minimum Gasteiger partial charge on any atom is -0.389 e. The van der Waals surface area contributed by atoms with Gasteiger partial charge in [0.15, 0.2) is 0 Å². The maximum Gasteiger partial charge on any atom is 0.312 e. The smallest absolute Gasteiger partial charge is 0.312 e. The summed E-state index contributed by atoms with van der Waals surface area (Å²) in [5, 5.41) is 11.9. The molecule has 0 aromatic carbocycles. The summed E-state index contributed by atoms with van der Waals surface area (Å²) in [4.78, 5) is 23.9. The lowest BCUT2D eigenvalue weighted by molar-refractivity contribution is -0.135. The van der Waals surface area contributed by atoms with Gasteiger partial charge in [0.25, 0.3) is 0 Å². The van der Waals surface area contributed by atoms with Crippen molar-refractivity contribution in [1.29, 1.82) is 0 Å². The fraction of sp³-hybridized carbons (Fsp3) is 0.800. The molecule has 0 aliphatic rings. The van der Waals surface area contributed by atoms with Gasteiger partial charge in [0.2, 0.25) is 5.91 Å². The first kappa shape index (κ1) is 14.7. The summed E-state index contributed by atoms with van der Waals surface area (Å²) in [5.74, 6) is -0.261. The number of nitrogens with one attached hydrogen (secondary N) is 1. The molecule has 0 aliphatic carbocycles. The van der Waals surface area contributed by atoms with Gasteiger partial charge < -0.3 is 21.1 Å². The number of likely N-dealkylation sites (N-methyl/N-ethyl adjacent to an activating group) is 1. The zero-order valence-electron chi connectivity index (χ0n) is 10.3. The topological polar surface area (TPSA) is 95.7 Å². The van der Waals surface area contributed by atoms with Gasteiger partial charge in [-0.2, -0.15) is 0 Å². The highest BCUT2D eigenvalue weighted by Gasteiger charge is 2.25. The van der Waals surface area contributed by atoms with E-state index in [1.54, 1.807) is 27.7 Å². The molecule has 4 N–H and O–H groups in total. The van der Waals surface area contributed by atoms with Crippen molar-refractivity contribution in [3.05, 3.63) is 0 Å². The Balaban J connectivity index is 4.47. The molecule has 0 spiro atoms. The Morgan fingerprint density at radius 1 is 1.50 bits per heavy atom. The summed E-state index contributed by atoms with van der Waals surface area (Å²) in [6.45, 7) is 7.28. The van der Waals surface area contributed by atoms with Gasteiger partial charge in [0.1, 0.15) is 6.04 Å². The number of nitrogens with zero attached hydrogens (tertiary/aromatic N) is 1. The van der Waals surface area contributed by atoms with Crippen molar-refractivity contribution in [2.24, 2.45) is 5.73 Å². The summed E-state index contributed by atoms with van der Waals surface area (Å²) in [5.41, 5.74) is 3.97. The zero-order valence-corrected chi connectivity index (χ0v) is 10.3. The number of carbonyl (C=O) groups is 2. The fourth-order valence-corrected chi connectivity index (χ4v) is 1.36. The number of primary amides is 1. The second-order valence-electron chi connectivity index (χ2n) is 4.40. The number of aliphatic hydroxyl groups is 1. The molecule has 0 aromatic heterocycles. The van der Waals surface area contributed by atoms with Crippen LogP contribution in [0.5, 0.6) is 0 Å². The van der Waals surface area contributed by atoms with E-state index in [9.17, 15) is 14.7 Å². The molecule has 3 amide bonds. The molecule has 0 fully saturated rings. The van der Waals surface area contributed by atoms with E-state index in [-0.39, 0.29) is 12.5 Å². The first-order chi connectivity index (χ1) is 7.17. The third-order valence-corrected chi connectivity index (χ3v) is 2.00. The lowest BCUT2D eigenvalue weighted by Gasteiger charge is -2.30. The van der Waals surface area contributed by atoms with Crippen LogP contribution in [0, 0.1) is 0 Å². The van der Waals surface area contributed by atoms with Crippen LogP contribution in [0.15, 0.2) is 0 Å². The number of urea groups is 1. The average molecular weight is 231 g/mol. The molecule has 6 heteroatoms. The van der Waals surface area contributed by atoms with Gasteiger partial charge in [-0.1, -0.05) is 0 Å². The standard InChI is InChI=1S/C10H21N3O3/c1-5-13(6-10(3,4)16)8(14)7(2)12-9(11)15/h7,16H,5-6H2,1-4H3,(H3,11,12,15). The monoisotopic (exact) mass is 231 g/mol. The van der Waals surface area contributed by atoms with E-state index in [1.165, 1.54) is 4.90 Å². The SMILES string of the molecule is CCN(CC(C)(C)O)C(=O)C(C)NC(N)=O. The molecule has 1 unspecified atom stereocenters. The molecular weight excluding hydrogens is 210 g/mol. The van der Waals surface area contributed by atoms with E-state index in [1.807, 2.05) is 0 Å². The average Bonchev–Trinajstić information content (AvgIpc) is 2.10. The van der Waals surface area contributed by atoms with E-state index in [0.29, 0.717) is 6.54 Å². The minimum absolute atomic E-state index is 0.215. The lowest BCUT2D eigenvalue weighted by Crippen LogP contribution is -2.51. The number of amides is 3. The van der Waals surface area contributed by atoms with Crippen LogP contribution in [0.2, 0.25) is 0 Å². The van der Waals surface area contributed by atoms with Crippen molar-refractivity contribution < 1.29 is 14.7 Å². The second-order valence-corrected chi connectivity index (χ2v) is 4.40. The van der Waals surface area contributed by atoms with Crippen molar-refractivity contribution in [1.82, 2.24) is 10.2 Å². The van der Waals surface area contributed by atoms with Gasteiger partial charge in [0, 0.05) is 13.1 Å². The molecule has 1 atom stereocenters. The Morgan fingerprint density at radius 3 is 2.31 bits per heavy atom. The van der Waals surface area contributed by atoms with Crippen molar-refractivity contribution in [3.63, 3.8) is 0 Å². The molecule has 6 nitrogen and oxygen atoms in total. The van der Waals surface area contributed by atoms with Gasteiger partial charge in [-0.3, -0.25) is 4.79 Å². The van der Waals surface area contributed by atoms with Crippen LogP contribution in [0.25, 0.3) is 0 Å². The summed E-state index contributed by atoms with van der Waals surface area (Å²) < 4.78 is 0. The van der Waals surface area contributed by atoms with Crippen molar-refractivity contribution in [3.8, 4) is 0 Å². The molecule has 0 aliphatic heterocycles. The Labute approximate surface area is 95.8 Å². The summed E-state index contributed by atoms with van der Waals surface area (Å²) in [7, 11) is 0. The van der Waals surface area contributed by atoms with Gasteiger partial charge in [-0.05, 0) is 27.7 Å². The molecule has 0 bridgehead atoms. The van der Waals surface area contributed by atoms with E-state index in [2.05, 4.69) is 5.32 Å². The van der Waals surface area contributed by atoms with Crippen LogP contribution in [0.4, 0.5) is 4.79 Å². The third kappa shape index (κ3) is 5.55. The van der Waals surface area contributed by atoms with Crippen molar-refractivity contribution in [2.45, 2.75) is 39.3 Å². The summed E-state index contributed by atoms with van der Waals surface area (Å²) in [6, 6.07) is -1.42. The van der Waals surface area contributed by atoms with Gasteiger partial charge in [-0.25, -0.2) is 4.79 Å². The first-order valence-corrected chi connectivity index (χ1v) is 5.24. The number of hydrogen-bond acceptors (Lipinski definition) is 3. The van der Waals surface area contributed by atoms with E-state index in [0.717, 1.165) is 0 Å². The molecule has 0 aromatic rings. The molecule has 0 saturated carbocycles. The predicted molar refractivity (Wildman–Crippen MR) is 60.7 cm³/mol. The van der Waals surface area contributed by atoms with Crippen LogP contribution in [-0.4, -0.2) is 46.7 Å². The van der Waals surface area contributed by atoms with Gasteiger partial charge >= 0.3 is 6.03 Å². The summed E-state index contributed by atoms with van der Waals surface area (Å²) >= 11 is 0. The number of nitrogens with two attached hydrogens (primary N) is 1. The molecular formula is C10H21N3O3. The molecule has 0 radical (unpaired) electrons. The van der Waals surface area contributed by atoms with Crippen LogP contribution in [0.1, 0.15) is 27.7 Å². The maximum atomic E-state index is 11.8. The summed E-state index contributed by atoms with van der Waals surface area (Å²) in [6.07, 6.45) is 0. The highest BCUT2D eigenvalue weighted by Crippen LogP contribution is 2.06. The second kappa shape index (κ2) is 5.69. The van der Waals surface area contributed by atoms with E-state index >= 15 is 0 Å². The van der Waals surface area contributed by atoms with Crippen LogP contribution in [-0.2, 0) is 4.79 Å². The fourth-order valence-electron chi connectivity index (χ4n) is 1.36. The van der Waals surface area contributed by atoms with Crippen LogP contribution in [0.3, 0.4) is 0 Å². The van der Waals surface area contributed by atoms with Crippen LogP contribution < -0.4 is 11.1 Å². The quantitative estimate of drug-likeness (QED) is 0.604. The van der Waals surface area contributed by atoms with Crippen molar-refractivity contribution in [2.75, 3.05) is 13.1 Å². The van der Waals surface area contributed by atoms with Crippen LogP contribution >= 0.6 is 0 Å². The van der Waals surface area contributed by atoms with E-state index in [4.69, 9.17) is 5.73 Å². The number of carbonyl (C=O) groups excluding carboxylic acids is 2. The molecule has 0 saturated heterocycles. The maximum absolute atomic E-state index is 11.8. The van der Waals surface area contributed by atoms with Gasteiger partial charge in [-0.15, -0.1) is 0 Å². The highest BCUT2D eigenvalue weighted by atomic mass is 16.3. The molecule has 0 rings (SSSR count).